The number of nitrogens with zero attached hydrogens (tertiary/aromatic N) is 6. The van der Waals surface area contributed by atoms with Gasteiger partial charge < -0.3 is 9.64 Å². The maximum atomic E-state index is 5.95. The Hall–Kier alpha value is -1.89. The lowest BCUT2D eigenvalue weighted by molar-refractivity contribution is 0.397. The molecule has 0 aliphatic carbocycles. The maximum Gasteiger partial charge on any atom is 0.329 e. The topological polar surface area (TPSA) is 69.0 Å². The van der Waals surface area contributed by atoms with Crippen LogP contribution in [0, 0.1) is 6.92 Å². The van der Waals surface area contributed by atoms with E-state index in [0.717, 1.165) is 31.6 Å². The number of hydrogen-bond donors (Lipinski definition) is 0. The molecule has 1 aliphatic heterocycles. The van der Waals surface area contributed by atoms with Crippen LogP contribution in [0.2, 0.25) is 5.28 Å². The minimum atomic E-state index is 0.135. The molecule has 8 heteroatoms. The Balaban J connectivity index is 1.87. The lowest BCUT2D eigenvalue weighted by Gasteiger charge is -2.15. The van der Waals surface area contributed by atoms with Crippen LogP contribution in [0.1, 0.15) is 18.5 Å². The van der Waals surface area contributed by atoms with Crippen molar-refractivity contribution in [2.24, 2.45) is 7.05 Å². The molecule has 0 atom stereocenters. The fourth-order valence-electron chi connectivity index (χ4n) is 2.20. The molecule has 3 rings (SSSR count). The van der Waals surface area contributed by atoms with E-state index in [0.29, 0.717) is 11.8 Å². The molecule has 0 aromatic carbocycles. The molecular formula is C12H15ClN6O. The van der Waals surface area contributed by atoms with Crippen LogP contribution < -0.4 is 9.64 Å². The van der Waals surface area contributed by atoms with Crippen LogP contribution in [0.15, 0.2) is 6.07 Å². The SMILES string of the molecule is Cc1cc(Oc2nc(Cl)nc(N3CCCC3)n2)n(C)n1. The largest absolute Gasteiger partial charge is 0.405 e. The van der Waals surface area contributed by atoms with Crippen molar-refractivity contribution in [3.63, 3.8) is 0 Å². The number of halogens is 1. The fraction of sp³-hybridized carbons (Fsp3) is 0.500. The molecule has 0 radical (unpaired) electrons. The van der Waals surface area contributed by atoms with Gasteiger partial charge in [-0.15, -0.1) is 0 Å². The first-order valence-electron chi connectivity index (χ1n) is 6.47. The molecule has 1 aliphatic rings. The van der Waals surface area contributed by atoms with Crippen LogP contribution in [0.5, 0.6) is 11.9 Å². The normalized spacial score (nSPS) is 14.8. The summed E-state index contributed by atoms with van der Waals surface area (Å²) in [5.41, 5.74) is 0.863. The third-order valence-electron chi connectivity index (χ3n) is 3.12. The average Bonchev–Trinajstić information content (AvgIpc) is 2.99. The predicted molar refractivity (Wildman–Crippen MR) is 74.3 cm³/mol. The van der Waals surface area contributed by atoms with Crippen LogP contribution in [-0.4, -0.2) is 37.8 Å². The van der Waals surface area contributed by atoms with Gasteiger partial charge in [0.1, 0.15) is 0 Å². The highest BCUT2D eigenvalue weighted by Crippen LogP contribution is 2.23. The second-order valence-electron chi connectivity index (χ2n) is 4.73. The van der Waals surface area contributed by atoms with Gasteiger partial charge in [0.2, 0.25) is 17.1 Å². The lowest BCUT2D eigenvalue weighted by Crippen LogP contribution is -2.21. The van der Waals surface area contributed by atoms with Crippen LogP contribution >= 0.6 is 11.6 Å². The zero-order valence-electron chi connectivity index (χ0n) is 11.4. The van der Waals surface area contributed by atoms with E-state index in [1.165, 1.54) is 0 Å². The summed E-state index contributed by atoms with van der Waals surface area (Å²) in [6, 6.07) is 2.00. The van der Waals surface area contributed by atoms with E-state index in [9.17, 15) is 0 Å². The monoisotopic (exact) mass is 294 g/mol. The number of ether oxygens (including phenoxy) is 1. The quantitative estimate of drug-likeness (QED) is 0.862. The third kappa shape index (κ3) is 2.67. The molecule has 0 N–H and O–H groups in total. The molecule has 1 saturated heterocycles. The zero-order chi connectivity index (χ0) is 14.1. The predicted octanol–water partition coefficient (Wildman–Crippen LogP) is 1.96. The highest BCUT2D eigenvalue weighted by Gasteiger charge is 2.18. The third-order valence-corrected chi connectivity index (χ3v) is 3.29. The molecule has 0 amide bonds. The minimum Gasteiger partial charge on any atom is -0.405 e. The van der Waals surface area contributed by atoms with Crippen molar-refractivity contribution in [3.8, 4) is 11.9 Å². The van der Waals surface area contributed by atoms with Gasteiger partial charge in [0, 0.05) is 26.2 Å². The van der Waals surface area contributed by atoms with E-state index >= 15 is 0 Å². The molecule has 0 spiro atoms. The van der Waals surface area contributed by atoms with Gasteiger partial charge in [-0.3, -0.25) is 0 Å². The molecule has 0 unspecified atom stereocenters. The number of rotatable bonds is 3. The Morgan fingerprint density at radius 2 is 1.95 bits per heavy atom. The summed E-state index contributed by atoms with van der Waals surface area (Å²) in [6.07, 6.45) is 2.28. The van der Waals surface area contributed by atoms with Crippen molar-refractivity contribution in [3.05, 3.63) is 17.0 Å². The highest BCUT2D eigenvalue weighted by molar-refractivity contribution is 6.28. The molecule has 20 heavy (non-hydrogen) atoms. The summed E-state index contributed by atoms with van der Waals surface area (Å²) in [5, 5.41) is 4.34. The minimum absolute atomic E-state index is 0.135. The summed E-state index contributed by atoms with van der Waals surface area (Å²) in [4.78, 5) is 14.6. The van der Waals surface area contributed by atoms with E-state index in [2.05, 4.69) is 25.0 Å². The van der Waals surface area contributed by atoms with Crippen molar-refractivity contribution in [1.29, 1.82) is 0 Å². The van der Waals surface area contributed by atoms with E-state index < -0.39 is 0 Å². The number of aryl methyl sites for hydroxylation is 2. The van der Waals surface area contributed by atoms with Gasteiger partial charge in [0.05, 0.1) is 5.69 Å². The molecular weight excluding hydrogens is 280 g/mol. The second kappa shape index (κ2) is 5.24. The summed E-state index contributed by atoms with van der Waals surface area (Å²) >= 11 is 5.95. The van der Waals surface area contributed by atoms with Gasteiger partial charge >= 0.3 is 6.01 Å². The first kappa shape index (κ1) is 13.1. The van der Waals surface area contributed by atoms with Crippen LogP contribution in [0.3, 0.4) is 0 Å². The van der Waals surface area contributed by atoms with Crippen LogP contribution in [0.4, 0.5) is 5.95 Å². The summed E-state index contributed by atoms with van der Waals surface area (Å²) in [6.45, 7) is 3.76. The van der Waals surface area contributed by atoms with Gasteiger partial charge in [-0.1, -0.05) is 0 Å². The Labute approximate surface area is 121 Å². The summed E-state index contributed by atoms with van der Waals surface area (Å²) < 4.78 is 7.27. The van der Waals surface area contributed by atoms with Gasteiger partial charge in [-0.25, -0.2) is 4.68 Å². The summed E-state index contributed by atoms with van der Waals surface area (Å²) in [7, 11) is 1.80. The fourth-order valence-corrected chi connectivity index (χ4v) is 2.35. The Bertz CT molecular complexity index is 622. The molecule has 2 aromatic rings. The Morgan fingerprint density at radius 1 is 1.20 bits per heavy atom. The Kier molecular flexibility index (Phi) is 3.43. The lowest BCUT2D eigenvalue weighted by atomic mass is 10.4. The molecule has 1 fully saturated rings. The van der Waals surface area contributed by atoms with E-state index in [1.54, 1.807) is 11.7 Å². The van der Waals surface area contributed by atoms with Crippen molar-refractivity contribution in [1.82, 2.24) is 24.7 Å². The smallest absolute Gasteiger partial charge is 0.329 e. The molecule has 106 valence electrons. The molecule has 7 nitrogen and oxygen atoms in total. The van der Waals surface area contributed by atoms with Gasteiger partial charge in [0.15, 0.2) is 0 Å². The van der Waals surface area contributed by atoms with Gasteiger partial charge in [-0.05, 0) is 31.4 Å². The molecule has 2 aromatic heterocycles. The van der Waals surface area contributed by atoms with Gasteiger partial charge in [0.25, 0.3) is 0 Å². The van der Waals surface area contributed by atoms with Gasteiger partial charge in [-0.2, -0.15) is 20.1 Å². The van der Waals surface area contributed by atoms with Crippen molar-refractivity contribution >= 4 is 17.5 Å². The molecule has 0 saturated carbocycles. The highest BCUT2D eigenvalue weighted by atomic mass is 35.5. The molecule has 0 bridgehead atoms. The summed E-state index contributed by atoms with van der Waals surface area (Å²) in [5.74, 6) is 1.13. The number of anilines is 1. The second-order valence-corrected chi connectivity index (χ2v) is 5.07. The Morgan fingerprint density at radius 3 is 2.60 bits per heavy atom. The van der Waals surface area contributed by atoms with E-state index in [4.69, 9.17) is 16.3 Å². The standard InChI is InChI=1S/C12H15ClN6O/c1-8-7-9(18(2)17-8)20-12-15-10(13)14-11(16-12)19-5-3-4-6-19/h7H,3-6H2,1-2H3. The first-order chi connectivity index (χ1) is 9.61. The van der Waals surface area contributed by atoms with Crippen molar-refractivity contribution < 1.29 is 4.74 Å². The zero-order valence-corrected chi connectivity index (χ0v) is 12.1. The number of hydrogen-bond acceptors (Lipinski definition) is 6. The average molecular weight is 295 g/mol. The van der Waals surface area contributed by atoms with E-state index in [1.807, 2.05) is 13.0 Å². The van der Waals surface area contributed by atoms with E-state index in [-0.39, 0.29) is 11.3 Å². The van der Waals surface area contributed by atoms with Crippen molar-refractivity contribution in [2.75, 3.05) is 18.0 Å². The van der Waals surface area contributed by atoms with Crippen LogP contribution in [-0.2, 0) is 7.05 Å². The maximum absolute atomic E-state index is 5.95. The van der Waals surface area contributed by atoms with Crippen LogP contribution in [0.25, 0.3) is 0 Å². The van der Waals surface area contributed by atoms with Crippen molar-refractivity contribution in [2.45, 2.75) is 19.8 Å². The number of aromatic nitrogens is 5. The molecule has 3 heterocycles. The first-order valence-corrected chi connectivity index (χ1v) is 6.84.